The third-order valence-electron chi connectivity index (χ3n) is 3.36. The molecular formula is C15H22N2S. The predicted molar refractivity (Wildman–Crippen MR) is 81.2 cm³/mol. The molecule has 0 saturated carbocycles. The van der Waals surface area contributed by atoms with Gasteiger partial charge in [-0.3, -0.25) is 4.99 Å². The Morgan fingerprint density at radius 3 is 2.61 bits per heavy atom. The number of hydrogen-bond acceptors (Lipinski definition) is 2. The van der Waals surface area contributed by atoms with Crippen LogP contribution in [0.4, 0.5) is 0 Å². The monoisotopic (exact) mass is 262 g/mol. The largest absolute Gasteiger partial charge is 0.362 e. The van der Waals surface area contributed by atoms with E-state index in [-0.39, 0.29) is 0 Å². The normalized spacial score (nSPS) is 21.9. The third kappa shape index (κ3) is 3.77. The molecule has 2 rings (SSSR count). The summed E-state index contributed by atoms with van der Waals surface area (Å²) in [4.78, 5) is 4.68. The third-order valence-corrected chi connectivity index (χ3v) is 4.32. The van der Waals surface area contributed by atoms with Gasteiger partial charge in [-0.25, -0.2) is 0 Å². The molecule has 0 aromatic heterocycles. The van der Waals surface area contributed by atoms with E-state index >= 15 is 0 Å². The van der Waals surface area contributed by atoms with Crippen molar-refractivity contribution in [1.82, 2.24) is 5.32 Å². The summed E-state index contributed by atoms with van der Waals surface area (Å²) in [6.45, 7) is 5.20. The SMILES string of the molecule is CCc1ccc(CN=C2NC(CC)CCS2)cc1. The molecule has 1 aromatic rings. The molecule has 1 aromatic carbocycles. The van der Waals surface area contributed by atoms with Gasteiger partial charge in [0.05, 0.1) is 6.54 Å². The van der Waals surface area contributed by atoms with E-state index < -0.39 is 0 Å². The Balaban J connectivity index is 1.92. The second-order valence-electron chi connectivity index (χ2n) is 4.68. The molecule has 2 nitrogen and oxygen atoms in total. The molecule has 1 fully saturated rings. The minimum Gasteiger partial charge on any atom is -0.362 e. The molecule has 18 heavy (non-hydrogen) atoms. The molecule has 1 saturated heterocycles. The van der Waals surface area contributed by atoms with Gasteiger partial charge in [-0.15, -0.1) is 0 Å². The van der Waals surface area contributed by atoms with Gasteiger partial charge in [0, 0.05) is 11.8 Å². The van der Waals surface area contributed by atoms with E-state index in [1.165, 1.54) is 29.7 Å². The Hall–Kier alpha value is -0.960. The zero-order valence-electron chi connectivity index (χ0n) is 11.3. The molecule has 0 spiro atoms. The van der Waals surface area contributed by atoms with Gasteiger partial charge in [-0.05, 0) is 30.4 Å². The molecule has 0 amide bonds. The van der Waals surface area contributed by atoms with Crippen molar-refractivity contribution in [2.75, 3.05) is 5.75 Å². The Kier molecular flexibility index (Phi) is 5.12. The number of nitrogens with one attached hydrogen (secondary N) is 1. The van der Waals surface area contributed by atoms with E-state index in [4.69, 9.17) is 0 Å². The van der Waals surface area contributed by atoms with Crippen molar-refractivity contribution in [1.29, 1.82) is 0 Å². The molecule has 0 radical (unpaired) electrons. The summed E-state index contributed by atoms with van der Waals surface area (Å²) in [6, 6.07) is 9.39. The minimum atomic E-state index is 0.618. The second kappa shape index (κ2) is 6.83. The van der Waals surface area contributed by atoms with Crippen molar-refractivity contribution in [3.05, 3.63) is 35.4 Å². The molecule has 1 aliphatic rings. The molecule has 98 valence electrons. The fourth-order valence-corrected chi connectivity index (χ4v) is 3.03. The van der Waals surface area contributed by atoms with Gasteiger partial charge in [0.2, 0.25) is 0 Å². The molecule has 0 aliphatic carbocycles. The molecule has 1 atom stereocenters. The van der Waals surface area contributed by atoms with Gasteiger partial charge in [0.25, 0.3) is 0 Å². The average Bonchev–Trinajstić information content (AvgIpc) is 2.46. The lowest BCUT2D eigenvalue weighted by molar-refractivity contribution is 0.570. The van der Waals surface area contributed by atoms with Crippen LogP contribution in [0.25, 0.3) is 0 Å². The molecule has 1 aliphatic heterocycles. The standard InChI is InChI=1S/C15H22N2S/c1-3-12-5-7-13(8-6-12)11-16-15-17-14(4-2)9-10-18-15/h5-8,14H,3-4,9-11H2,1-2H3,(H,16,17). The van der Waals surface area contributed by atoms with Gasteiger partial charge in [0.1, 0.15) is 0 Å². The lowest BCUT2D eigenvalue weighted by atomic mass is 10.1. The number of aryl methyl sites for hydroxylation is 1. The zero-order chi connectivity index (χ0) is 12.8. The maximum absolute atomic E-state index is 4.68. The molecule has 0 bridgehead atoms. The maximum Gasteiger partial charge on any atom is 0.157 e. The van der Waals surface area contributed by atoms with Gasteiger partial charge in [0.15, 0.2) is 5.17 Å². The summed E-state index contributed by atoms with van der Waals surface area (Å²) in [6.07, 6.45) is 3.54. The van der Waals surface area contributed by atoms with E-state index in [9.17, 15) is 0 Å². The molecule has 3 heteroatoms. The van der Waals surface area contributed by atoms with E-state index in [2.05, 4.69) is 48.4 Å². The first-order valence-electron chi connectivity index (χ1n) is 6.83. The van der Waals surface area contributed by atoms with Crippen LogP contribution in [0.2, 0.25) is 0 Å². The van der Waals surface area contributed by atoms with Crippen LogP contribution in [-0.4, -0.2) is 17.0 Å². The van der Waals surface area contributed by atoms with E-state index in [1.807, 2.05) is 11.8 Å². The number of nitrogens with zero attached hydrogens (tertiary/aromatic N) is 1. The highest BCUT2D eigenvalue weighted by molar-refractivity contribution is 8.13. The van der Waals surface area contributed by atoms with Crippen molar-refractivity contribution < 1.29 is 0 Å². The van der Waals surface area contributed by atoms with E-state index in [0.29, 0.717) is 6.04 Å². The number of hydrogen-bond donors (Lipinski definition) is 1. The number of aliphatic imine (C=N–C) groups is 1. The molecule has 1 N–H and O–H groups in total. The number of thioether (sulfide) groups is 1. The van der Waals surface area contributed by atoms with Crippen LogP contribution in [0.3, 0.4) is 0 Å². The molecule has 1 heterocycles. The Labute approximate surface area is 114 Å². The van der Waals surface area contributed by atoms with Crippen LogP contribution in [0, 0.1) is 0 Å². The Bertz CT molecular complexity index is 397. The lowest BCUT2D eigenvalue weighted by Crippen LogP contribution is -2.37. The topological polar surface area (TPSA) is 24.4 Å². The van der Waals surface area contributed by atoms with Crippen LogP contribution in [-0.2, 0) is 13.0 Å². The Morgan fingerprint density at radius 2 is 1.94 bits per heavy atom. The van der Waals surface area contributed by atoms with Gasteiger partial charge >= 0.3 is 0 Å². The summed E-state index contributed by atoms with van der Waals surface area (Å²) < 4.78 is 0. The average molecular weight is 262 g/mol. The second-order valence-corrected chi connectivity index (χ2v) is 5.76. The number of benzene rings is 1. The number of rotatable bonds is 4. The maximum atomic E-state index is 4.68. The van der Waals surface area contributed by atoms with Crippen molar-refractivity contribution in [2.45, 2.75) is 45.7 Å². The fourth-order valence-electron chi connectivity index (χ4n) is 2.03. The summed E-state index contributed by atoms with van der Waals surface area (Å²) in [7, 11) is 0. The van der Waals surface area contributed by atoms with Crippen LogP contribution in [0.5, 0.6) is 0 Å². The minimum absolute atomic E-state index is 0.618. The fraction of sp³-hybridized carbons (Fsp3) is 0.533. The van der Waals surface area contributed by atoms with Crippen LogP contribution in [0.1, 0.15) is 37.8 Å². The lowest BCUT2D eigenvalue weighted by Gasteiger charge is -2.24. The summed E-state index contributed by atoms with van der Waals surface area (Å²) in [5, 5.41) is 4.63. The van der Waals surface area contributed by atoms with Crippen molar-refractivity contribution in [3.8, 4) is 0 Å². The summed E-state index contributed by atoms with van der Waals surface area (Å²) in [5.74, 6) is 1.19. The summed E-state index contributed by atoms with van der Waals surface area (Å²) in [5.41, 5.74) is 2.68. The van der Waals surface area contributed by atoms with Crippen LogP contribution in [0.15, 0.2) is 29.3 Å². The Morgan fingerprint density at radius 1 is 1.22 bits per heavy atom. The quantitative estimate of drug-likeness (QED) is 0.896. The first kappa shape index (κ1) is 13.5. The smallest absolute Gasteiger partial charge is 0.157 e. The highest BCUT2D eigenvalue weighted by Gasteiger charge is 2.14. The highest BCUT2D eigenvalue weighted by atomic mass is 32.2. The van der Waals surface area contributed by atoms with Gasteiger partial charge in [-0.1, -0.05) is 49.9 Å². The zero-order valence-corrected chi connectivity index (χ0v) is 12.1. The van der Waals surface area contributed by atoms with Gasteiger partial charge in [-0.2, -0.15) is 0 Å². The predicted octanol–water partition coefficient (Wildman–Crippen LogP) is 3.61. The molecular weight excluding hydrogens is 240 g/mol. The van der Waals surface area contributed by atoms with E-state index in [0.717, 1.165) is 18.1 Å². The highest BCUT2D eigenvalue weighted by Crippen LogP contribution is 2.16. The van der Waals surface area contributed by atoms with E-state index in [1.54, 1.807) is 0 Å². The first-order valence-corrected chi connectivity index (χ1v) is 7.82. The molecule has 1 unspecified atom stereocenters. The van der Waals surface area contributed by atoms with Gasteiger partial charge < -0.3 is 5.32 Å². The van der Waals surface area contributed by atoms with Crippen molar-refractivity contribution >= 4 is 16.9 Å². The first-order chi connectivity index (χ1) is 8.81. The van der Waals surface area contributed by atoms with Crippen LogP contribution < -0.4 is 5.32 Å². The van der Waals surface area contributed by atoms with Crippen molar-refractivity contribution in [3.63, 3.8) is 0 Å². The number of amidine groups is 1. The summed E-state index contributed by atoms with van der Waals surface area (Å²) >= 11 is 1.85. The van der Waals surface area contributed by atoms with Crippen LogP contribution >= 0.6 is 11.8 Å². The van der Waals surface area contributed by atoms with Crippen molar-refractivity contribution in [2.24, 2.45) is 4.99 Å².